The molecule has 0 spiro atoms. The number of amides is 2. The van der Waals surface area contributed by atoms with E-state index in [2.05, 4.69) is 20.8 Å². The number of nitrogens with one attached hydrogen (secondary N) is 2. The highest BCUT2D eigenvalue weighted by Gasteiger charge is 2.13. The summed E-state index contributed by atoms with van der Waals surface area (Å²) in [4.78, 5) is 24.2. The molecule has 0 radical (unpaired) electrons. The van der Waals surface area contributed by atoms with Crippen LogP contribution in [0.2, 0.25) is 0 Å². The van der Waals surface area contributed by atoms with Crippen LogP contribution in [0.3, 0.4) is 0 Å². The number of carbonyl (C=O) groups excluding carboxylic acids is 2. The number of hydrogen-bond donors (Lipinski definition) is 2. The highest BCUT2D eigenvalue weighted by molar-refractivity contribution is 6.04. The van der Waals surface area contributed by atoms with Crippen LogP contribution in [0.5, 0.6) is 0 Å². The van der Waals surface area contributed by atoms with E-state index in [4.69, 9.17) is 4.42 Å². The van der Waals surface area contributed by atoms with Gasteiger partial charge in [-0.1, -0.05) is 31.2 Å². The van der Waals surface area contributed by atoms with Crippen molar-refractivity contribution in [3.8, 4) is 22.9 Å². The summed E-state index contributed by atoms with van der Waals surface area (Å²) in [5.41, 5.74) is 4.36. The summed E-state index contributed by atoms with van der Waals surface area (Å²) in [5, 5.41) is 13.9. The Morgan fingerprint density at radius 3 is 2.25 bits per heavy atom. The number of nitrogens with zero attached hydrogens (tertiary/aromatic N) is 2. The van der Waals surface area contributed by atoms with Crippen molar-refractivity contribution in [3.63, 3.8) is 0 Å². The third-order valence-corrected chi connectivity index (χ3v) is 4.92. The van der Waals surface area contributed by atoms with Crippen LogP contribution in [0.25, 0.3) is 22.9 Å². The lowest BCUT2D eigenvalue weighted by Crippen LogP contribution is -2.13. The van der Waals surface area contributed by atoms with Crippen molar-refractivity contribution < 1.29 is 14.0 Å². The first-order valence-electron chi connectivity index (χ1n) is 10.2. The van der Waals surface area contributed by atoms with Crippen LogP contribution in [0, 0.1) is 6.92 Å². The molecule has 3 aromatic carbocycles. The first-order valence-corrected chi connectivity index (χ1v) is 10.2. The van der Waals surface area contributed by atoms with E-state index in [1.165, 1.54) is 0 Å². The van der Waals surface area contributed by atoms with Crippen molar-refractivity contribution in [2.75, 3.05) is 10.6 Å². The van der Waals surface area contributed by atoms with E-state index in [1.807, 2.05) is 31.2 Å². The zero-order chi connectivity index (χ0) is 22.5. The molecule has 7 heteroatoms. The number of benzene rings is 3. The molecule has 7 nitrogen and oxygen atoms in total. The first-order chi connectivity index (χ1) is 15.5. The summed E-state index contributed by atoms with van der Waals surface area (Å²) in [6.07, 6.45) is 0.384. The van der Waals surface area contributed by atoms with Gasteiger partial charge in [-0.3, -0.25) is 9.59 Å². The molecule has 1 heterocycles. The minimum absolute atomic E-state index is 0.0873. The van der Waals surface area contributed by atoms with Gasteiger partial charge in [0.05, 0.1) is 0 Å². The van der Waals surface area contributed by atoms with Crippen LogP contribution < -0.4 is 10.6 Å². The molecule has 4 rings (SSSR count). The normalized spacial score (nSPS) is 10.6. The number of anilines is 2. The lowest BCUT2D eigenvalue weighted by Gasteiger charge is -2.08. The maximum atomic E-state index is 12.6. The molecule has 0 bridgehead atoms. The molecule has 32 heavy (non-hydrogen) atoms. The average Bonchev–Trinajstić information content (AvgIpc) is 3.29. The van der Waals surface area contributed by atoms with E-state index in [0.717, 1.165) is 16.7 Å². The highest BCUT2D eigenvalue weighted by atomic mass is 16.4. The number of hydrogen-bond acceptors (Lipinski definition) is 5. The SMILES string of the molecule is CCC(=O)Nc1cccc(NC(=O)c2ccc(-c3nnc(-c4ccccc4C)o3)cc2)c1. The summed E-state index contributed by atoms with van der Waals surface area (Å²) in [6, 6.07) is 21.7. The maximum absolute atomic E-state index is 12.6. The summed E-state index contributed by atoms with van der Waals surface area (Å²) in [5.74, 6) is 0.488. The Morgan fingerprint density at radius 2 is 1.53 bits per heavy atom. The monoisotopic (exact) mass is 426 g/mol. The first kappa shape index (κ1) is 21.0. The van der Waals surface area contributed by atoms with Gasteiger partial charge in [0.15, 0.2) is 0 Å². The number of rotatable bonds is 6. The van der Waals surface area contributed by atoms with Gasteiger partial charge in [0.2, 0.25) is 17.7 Å². The zero-order valence-electron chi connectivity index (χ0n) is 17.8. The third kappa shape index (κ3) is 4.73. The van der Waals surface area contributed by atoms with Gasteiger partial charge in [-0.05, 0) is 61.0 Å². The van der Waals surface area contributed by atoms with Crippen LogP contribution in [0.15, 0.2) is 77.2 Å². The third-order valence-electron chi connectivity index (χ3n) is 4.92. The topological polar surface area (TPSA) is 97.1 Å². The van der Waals surface area contributed by atoms with E-state index < -0.39 is 0 Å². The molecule has 4 aromatic rings. The van der Waals surface area contributed by atoms with Crippen LogP contribution in [0.4, 0.5) is 11.4 Å². The van der Waals surface area contributed by atoms with Gasteiger partial charge in [0.25, 0.3) is 5.91 Å². The zero-order valence-corrected chi connectivity index (χ0v) is 17.8. The van der Waals surface area contributed by atoms with Crippen LogP contribution in [-0.4, -0.2) is 22.0 Å². The van der Waals surface area contributed by atoms with Gasteiger partial charge in [0, 0.05) is 34.5 Å². The Bertz CT molecular complexity index is 1260. The Balaban J connectivity index is 1.46. The van der Waals surface area contributed by atoms with Crippen molar-refractivity contribution in [2.24, 2.45) is 0 Å². The number of aryl methyl sites for hydroxylation is 1. The molecule has 0 saturated heterocycles. The van der Waals surface area contributed by atoms with Gasteiger partial charge in [-0.15, -0.1) is 10.2 Å². The van der Waals surface area contributed by atoms with Crippen molar-refractivity contribution in [2.45, 2.75) is 20.3 Å². The van der Waals surface area contributed by atoms with Crippen molar-refractivity contribution >= 4 is 23.2 Å². The molecule has 0 unspecified atom stereocenters. The molecular formula is C25H22N4O3. The Kier molecular flexibility index (Phi) is 6.07. The maximum Gasteiger partial charge on any atom is 0.255 e. The molecule has 160 valence electrons. The van der Waals surface area contributed by atoms with Gasteiger partial charge < -0.3 is 15.1 Å². The van der Waals surface area contributed by atoms with Gasteiger partial charge in [-0.25, -0.2) is 0 Å². The molecular weight excluding hydrogens is 404 g/mol. The lowest BCUT2D eigenvalue weighted by molar-refractivity contribution is -0.115. The molecule has 0 saturated carbocycles. The second-order valence-electron chi connectivity index (χ2n) is 7.24. The molecule has 0 aliphatic carbocycles. The van der Waals surface area contributed by atoms with E-state index in [9.17, 15) is 9.59 Å². The quantitative estimate of drug-likeness (QED) is 0.435. The fourth-order valence-corrected chi connectivity index (χ4v) is 3.15. The summed E-state index contributed by atoms with van der Waals surface area (Å²) in [6.45, 7) is 3.77. The fraction of sp³-hybridized carbons (Fsp3) is 0.120. The number of carbonyl (C=O) groups is 2. The Labute approximate surface area is 185 Å². The molecule has 2 N–H and O–H groups in total. The minimum Gasteiger partial charge on any atom is -0.416 e. The average molecular weight is 426 g/mol. The van der Waals surface area contributed by atoms with Crippen molar-refractivity contribution in [1.29, 1.82) is 0 Å². The summed E-state index contributed by atoms with van der Waals surface area (Å²) in [7, 11) is 0. The predicted octanol–water partition coefficient (Wildman–Crippen LogP) is 5.31. The summed E-state index contributed by atoms with van der Waals surface area (Å²) >= 11 is 0. The van der Waals surface area contributed by atoms with Crippen LogP contribution >= 0.6 is 0 Å². The molecule has 0 aliphatic heterocycles. The van der Waals surface area contributed by atoms with Crippen LogP contribution in [0.1, 0.15) is 29.3 Å². The predicted molar refractivity (Wildman–Crippen MR) is 123 cm³/mol. The van der Waals surface area contributed by atoms with Gasteiger partial charge in [0.1, 0.15) is 0 Å². The largest absolute Gasteiger partial charge is 0.416 e. The second-order valence-corrected chi connectivity index (χ2v) is 7.24. The highest BCUT2D eigenvalue weighted by Crippen LogP contribution is 2.26. The van der Waals surface area contributed by atoms with E-state index in [-0.39, 0.29) is 11.8 Å². The Hall–Kier alpha value is -4.26. The van der Waals surface area contributed by atoms with Crippen LogP contribution in [-0.2, 0) is 4.79 Å². The fourth-order valence-electron chi connectivity index (χ4n) is 3.15. The molecule has 0 atom stereocenters. The van der Waals surface area contributed by atoms with Gasteiger partial charge in [-0.2, -0.15) is 0 Å². The minimum atomic E-state index is -0.262. The van der Waals surface area contributed by atoms with Gasteiger partial charge >= 0.3 is 0 Å². The van der Waals surface area contributed by atoms with E-state index in [1.54, 1.807) is 55.5 Å². The standard InChI is InChI=1S/C25H22N4O3/c1-3-22(30)26-19-8-6-9-20(15-19)27-23(31)17-11-13-18(14-12-17)24-28-29-25(32-24)21-10-5-4-7-16(21)2/h4-15H,3H2,1-2H3,(H,26,30)(H,27,31). The smallest absolute Gasteiger partial charge is 0.255 e. The molecule has 2 amide bonds. The summed E-state index contributed by atoms with van der Waals surface area (Å²) < 4.78 is 5.83. The lowest BCUT2D eigenvalue weighted by atomic mass is 10.1. The van der Waals surface area contributed by atoms with E-state index >= 15 is 0 Å². The molecule has 0 fully saturated rings. The molecule has 1 aromatic heterocycles. The Morgan fingerprint density at radius 1 is 0.844 bits per heavy atom. The van der Waals surface area contributed by atoms with Crippen molar-refractivity contribution in [3.05, 3.63) is 83.9 Å². The van der Waals surface area contributed by atoms with Crippen molar-refractivity contribution in [1.82, 2.24) is 10.2 Å². The number of aromatic nitrogens is 2. The second kappa shape index (κ2) is 9.26. The molecule has 0 aliphatic rings. The van der Waals surface area contributed by atoms with E-state index in [0.29, 0.717) is 35.1 Å².